The number of hydrogen-bond donors (Lipinski definition) is 1. The van der Waals surface area contributed by atoms with E-state index in [1.165, 1.54) is 0 Å². The molecule has 6 heteroatoms. The van der Waals surface area contributed by atoms with E-state index in [4.69, 9.17) is 4.74 Å². The van der Waals surface area contributed by atoms with Crippen LogP contribution in [0.5, 0.6) is 5.75 Å². The first-order chi connectivity index (χ1) is 8.35. The third kappa shape index (κ3) is 2.52. The molecule has 0 aliphatic carbocycles. The van der Waals surface area contributed by atoms with Gasteiger partial charge in [-0.15, -0.1) is 0 Å². The van der Waals surface area contributed by atoms with E-state index in [2.05, 4.69) is 20.4 Å². The van der Waals surface area contributed by atoms with Crippen LogP contribution >= 0.6 is 0 Å². The summed E-state index contributed by atoms with van der Waals surface area (Å²) in [5, 5.41) is 7.34. The van der Waals surface area contributed by atoms with Crippen LogP contribution in [0.1, 0.15) is 12.7 Å². The first-order valence-corrected chi connectivity index (χ1v) is 5.43. The van der Waals surface area contributed by atoms with Gasteiger partial charge in [0.15, 0.2) is 0 Å². The Morgan fingerprint density at radius 3 is 3.12 bits per heavy atom. The van der Waals surface area contributed by atoms with Crippen molar-refractivity contribution in [3.8, 4) is 5.75 Å². The van der Waals surface area contributed by atoms with Crippen molar-refractivity contribution in [3.05, 3.63) is 30.6 Å². The second-order valence-electron chi connectivity index (χ2n) is 3.42. The number of aromatic nitrogens is 4. The van der Waals surface area contributed by atoms with Gasteiger partial charge in [0.1, 0.15) is 17.9 Å². The fraction of sp³-hybridized carbons (Fsp3) is 0.364. The lowest BCUT2D eigenvalue weighted by atomic mass is 10.3. The minimum Gasteiger partial charge on any atom is -0.494 e. The number of anilines is 1. The molecule has 0 spiro atoms. The van der Waals surface area contributed by atoms with Gasteiger partial charge in [-0.25, -0.2) is 9.67 Å². The first-order valence-electron chi connectivity index (χ1n) is 5.43. The highest BCUT2D eigenvalue weighted by atomic mass is 16.5. The SMILES string of the molecule is CCn1ncnc1CNc1cnccc1OC. The number of ether oxygens (including phenoxy) is 1. The quantitative estimate of drug-likeness (QED) is 0.843. The fourth-order valence-electron chi connectivity index (χ4n) is 1.56. The highest BCUT2D eigenvalue weighted by Gasteiger charge is 2.05. The molecule has 0 aliphatic heterocycles. The zero-order valence-corrected chi connectivity index (χ0v) is 9.92. The lowest BCUT2D eigenvalue weighted by Gasteiger charge is -2.10. The van der Waals surface area contributed by atoms with Crippen molar-refractivity contribution < 1.29 is 4.74 Å². The maximum absolute atomic E-state index is 5.23. The van der Waals surface area contributed by atoms with E-state index in [0.29, 0.717) is 6.54 Å². The minimum absolute atomic E-state index is 0.593. The largest absolute Gasteiger partial charge is 0.494 e. The molecule has 0 aliphatic rings. The van der Waals surface area contributed by atoms with E-state index in [1.54, 1.807) is 25.8 Å². The van der Waals surface area contributed by atoms with Gasteiger partial charge in [-0.05, 0) is 6.92 Å². The average molecular weight is 233 g/mol. The molecule has 0 fully saturated rings. The Kier molecular flexibility index (Phi) is 3.54. The van der Waals surface area contributed by atoms with Gasteiger partial charge in [-0.2, -0.15) is 5.10 Å². The van der Waals surface area contributed by atoms with Crippen LogP contribution in [0.25, 0.3) is 0 Å². The molecule has 2 heterocycles. The van der Waals surface area contributed by atoms with E-state index < -0.39 is 0 Å². The summed E-state index contributed by atoms with van der Waals surface area (Å²) in [7, 11) is 1.63. The average Bonchev–Trinajstić information content (AvgIpc) is 2.84. The standard InChI is InChI=1S/C11H15N5O/c1-3-16-11(14-8-15-16)7-13-9-6-12-5-4-10(9)17-2/h4-6,8,13H,3,7H2,1-2H3. The van der Waals surface area contributed by atoms with Crippen molar-refractivity contribution in [1.82, 2.24) is 19.7 Å². The molecule has 0 radical (unpaired) electrons. The van der Waals surface area contributed by atoms with Crippen molar-refractivity contribution >= 4 is 5.69 Å². The van der Waals surface area contributed by atoms with Crippen LogP contribution in [0.2, 0.25) is 0 Å². The summed E-state index contributed by atoms with van der Waals surface area (Å²) >= 11 is 0. The fourth-order valence-corrected chi connectivity index (χ4v) is 1.56. The predicted octanol–water partition coefficient (Wildman–Crippen LogP) is 1.31. The molecular weight excluding hydrogens is 218 g/mol. The van der Waals surface area contributed by atoms with Gasteiger partial charge in [0.25, 0.3) is 0 Å². The summed E-state index contributed by atoms with van der Waals surface area (Å²) in [6, 6.07) is 1.81. The van der Waals surface area contributed by atoms with Crippen LogP contribution in [0, 0.1) is 0 Å². The monoisotopic (exact) mass is 233 g/mol. The summed E-state index contributed by atoms with van der Waals surface area (Å²) in [4.78, 5) is 8.24. The van der Waals surface area contributed by atoms with Gasteiger partial charge in [0.05, 0.1) is 25.5 Å². The third-order valence-corrected chi connectivity index (χ3v) is 2.43. The number of rotatable bonds is 5. The predicted molar refractivity (Wildman–Crippen MR) is 63.8 cm³/mol. The topological polar surface area (TPSA) is 64.9 Å². The second kappa shape index (κ2) is 5.29. The van der Waals surface area contributed by atoms with Crippen LogP contribution in [0.3, 0.4) is 0 Å². The Hall–Kier alpha value is -2.11. The van der Waals surface area contributed by atoms with Gasteiger partial charge in [0.2, 0.25) is 0 Å². The molecule has 0 saturated carbocycles. The minimum atomic E-state index is 0.593. The maximum Gasteiger partial charge on any atom is 0.146 e. The van der Waals surface area contributed by atoms with E-state index in [0.717, 1.165) is 23.8 Å². The maximum atomic E-state index is 5.23. The lowest BCUT2D eigenvalue weighted by Crippen LogP contribution is -2.09. The van der Waals surface area contributed by atoms with Gasteiger partial charge >= 0.3 is 0 Å². The number of nitrogens with one attached hydrogen (secondary N) is 1. The van der Waals surface area contributed by atoms with E-state index in [1.807, 2.05) is 17.7 Å². The highest BCUT2D eigenvalue weighted by molar-refractivity contribution is 5.53. The van der Waals surface area contributed by atoms with E-state index in [9.17, 15) is 0 Å². The molecular formula is C11H15N5O. The third-order valence-electron chi connectivity index (χ3n) is 2.43. The Bertz CT molecular complexity index is 482. The summed E-state index contributed by atoms with van der Waals surface area (Å²) in [5.41, 5.74) is 0.848. The van der Waals surface area contributed by atoms with Crippen molar-refractivity contribution in [3.63, 3.8) is 0 Å². The summed E-state index contributed by atoms with van der Waals surface area (Å²) in [5.74, 6) is 1.65. The van der Waals surface area contributed by atoms with Crippen LogP contribution in [0.15, 0.2) is 24.8 Å². The molecule has 0 bridgehead atoms. The molecule has 0 amide bonds. The van der Waals surface area contributed by atoms with Gasteiger partial charge < -0.3 is 10.1 Å². The molecule has 2 aromatic rings. The number of nitrogens with zero attached hydrogens (tertiary/aromatic N) is 4. The van der Waals surface area contributed by atoms with Crippen LogP contribution in [-0.4, -0.2) is 26.9 Å². The van der Waals surface area contributed by atoms with Gasteiger partial charge in [0, 0.05) is 18.8 Å². The van der Waals surface area contributed by atoms with Gasteiger partial charge in [-0.1, -0.05) is 0 Å². The molecule has 0 atom stereocenters. The normalized spacial score (nSPS) is 10.2. The molecule has 1 N–H and O–H groups in total. The van der Waals surface area contributed by atoms with Crippen molar-refractivity contribution in [2.45, 2.75) is 20.0 Å². The smallest absolute Gasteiger partial charge is 0.146 e. The first kappa shape index (κ1) is 11.4. The van der Waals surface area contributed by atoms with Crippen LogP contribution in [0.4, 0.5) is 5.69 Å². The molecule has 2 rings (SSSR count). The zero-order chi connectivity index (χ0) is 12.1. The number of hydrogen-bond acceptors (Lipinski definition) is 5. The molecule has 0 saturated heterocycles. The van der Waals surface area contributed by atoms with Crippen molar-refractivity contribution in [2.24, 2.45) is 0 Å². The number of pyridine rings is 1. The van der Waals surface area contributed by atoms with Crippen LogP contribution in [-0.2, 0) is 13.1 Å². The second-order valence-corrected chi connectivity index (χ2v) is 3.42. The molecule has 0 unspecified atom stereocenters. The lowest BCUT2D eigenvalue weighted by molar-refractivity contribution is 0.416. The molecule has 6 nitrogen and oxygen atoms in total. The van der Waals surface area contributed by atoms with Crippen molar-refractivity contribution in [1.29, 1.82) is 0 Å². The molecule has 0 aromatic carbocycles. The Morgan fingerprint density at radius 1 is 1.47 bits per heavy atom. The highest BCUT2D eigenvalue weighted by Crippen LogP contribution is 2.21. The van der Waals surface area contributed by atoms with Crippen LogP contribution < -0.4 is 10.1 Å². The number of methoxy groups -OCH3 is 1. The summed E-state index contributed by atoms with van der Waals surface area (Å²) < 4.78 is 7.07. The summed E-state index contributed by atoms with van der Waals surface area (Å²) in [6.45, 7) is 3.43. The Labute approximate surface area is 99.7 Å². The summed E-state index contributed by atoms with van der Waals surface area (Å²) in [6.07, 6.45) is 4.98. The van der Waals surface area contributed by atoms with Crippen molar-refractivity contribution in [2.75, 3.05) is 12.4 Å². The van der Waals surface area contributed by atoms with Gasteiger partial charge in [-0.3, -0.25) is 4.98 Å². The van der Waals surface area contributed by atoms with E-state index >= 15 is 0 Å². The Balaban J connectivity index is 2.07. The Morgan fingerprint density at radius 2 is 2.35 bits per heavy atom. The zero-order valence-electron chi connectivity index (χ0n) is 9.92. The molecule has 90 valence electrons. The molecule has 2 aromatic heterocycles. The molecule has 17 heavy (non-hydrogen) atoms. The van der Waals surface area contributed by atoms with E-state index in [-0.39, 0.29) is 0 Å². The number of aryl methyl sites for hydroxylation is 1.